The number of carbonyl (C=O) groups excluding carboxylic acids is 1. The molecular weight excluding hydrogens is 262 g/mol. The quantitative estimate of drug-likeness (QED) is 0.860. The van der Waals surface area contributed by atoms with Crippen LogP contribution in [0.25, 0.3) is 0 Å². The molecule has 2 unspecified atom stereocenters. The van der Waals surface area contributed by atoms with E-state index in [1.54, 1.807) is 23.1 Å². The molecule has 6 nitrogen and oxygen atoms in total. The van der Waals surface area contributed by atoms with Gasteiger partial charge in [0.1, 0.15) is 0 Å². The number of amides is 1. The summed E-state index contributed by atoms with van der Waals surface area (Å²) in [5.74, 6) is 1.16. The number of carbonyl (C=O) groups is 1. The lowest BCUT2D eigenvalue weighted by molar-refractivity contribution is -0.0667. The third kappa shape index (κ3) is 2.32. The highest BCUT2D eigenvalue weighted by Gasteiger charge is 2.30. The molecule has 2 atom stereocenters. The number of ether oxygens (including phenoxy) is 3. The summed E-state index contributed by atoms with van der Waals surface area (Å²) in [5, 5.41) is 9.17. The van der Waals surface area contributed by atoms with E-state index in [9.17, 15) is 9.90 Å². The van der Waals surface area contributed by atoms with Gasteiger partial charge in [0.2, 0.25) is 6.79 Å². The zero-order chi connectivity index (χ0) is 14.1. The summed E-state index contributed by atoms with van der Waals surface area (Å²) in [6.45, 7) is 2.86. The second-order valence-electron chi connectivity index (χ2n) is 5.01. The van der Waals surface area contributed by atoms with Crippen LogP contribution in [0.4, 0.5) is 0 Å². The Labute approximate surface area is 116 Å². The number of aliphatic hydroxyl groups excluding tert-OH is 1. The number of hydrogen-bond acceptors (Lipinski definition) is 5. The number of morpholine rings is 1. The van der Waals surface area contributed by atoms with E-state index >= 15 is 0 Å². The minimum Gasteiger partial charge on any atom is -0.454 e. The molecule has 1 saturated heterocycles. The third-order valence-electron chi connectivity index (χ3n) is 3.59. The molecule has 3 rings (SSSR count). The lowest BCUT2D eigenvalue weighted by Crippen LogP contribution is -2.52. The Morgan fingerprint density at radius 2 is 2.20 bits per heavy atom. The molecular formula is C14H17NO5. The smallest absolute Gasteiger partial charge is 0.254 e. The number of fused-ring (bicyclic) bond motifs is 1. The van der Waals surface area contributed by atoms with Crippen molar-refractivity contribution in [3.63, 3.8) is 0 Å². The minimum atomic E-state index is -0.316. The Balaban J connectivity index is 1.80. The Kier molecular flexibility index (Phi) is 3.50. The van der Waals surface area contributed by atoms with E-state index in [0.29, 0.717) is 30.2 Å². The Bertz CT molecular complexity index is 518. The SMILES string of the molecule is CC1COC(CO)CN1C(=O)c1ccc2c(c1)OCO2. The van der Waals surface area contributed by atoms with Crippen molar-refractivity contribution in [2.24, 2.45) is 0 Å². The van der Waals surface area contributed by atoms with Gasteiger partial charge in [0.15, 0.2) is 11.5 Å². The van der Waals surface area contributed by atoms with E-state index in [1.807, 2.05) is 6.92 Å². The first-order chi connectivity index (χ1) is 9.69. The van der Waals surface area contributed by atoms with Crippen LogP contribution in [-0.2, 0) is 4.74 Å². The largest absolute Gasteiger partial charge is 0.454 e. The van der Waals surface area contributed by atoms with E-state index < -0.39 is 0 Å². The minimum absolute atomic E-state index is 0.0178. The zero-order valence-electron chi connectivity index (χ0n) is 11.2. The summed E-state index contributed by atoms with van der Waals surface area (Å²) in [5.41, 5.74) is 0.555. The van der Waals surface area contributed by atoms with Gasteiger partial charge in [0.25, 0.3) is 5.91 Å². The van der Waals surface area contributed by atoms with Crippen molar-refractivity contribution in [3.05, 3.63) is 23.8 Å². The lowest BCUT2D eigenvalue weighted by atomic mass is 10.1. The molecule has 1 aromatic carbocycles. The van der Waals surface area contributed by atoms with E-state index in [-0.39, 0.29) is 31.5 Å². The molecule has 2 aliphatic rings. The topological polar surface area (TPSA) is 68.2 Å². The standard InChI is InChI=1S/C14H17NO5/c1-9-7-18-11(6-16)5-15(9)14(17)10-2-3-12-13(4-10)20-8-19-12/h2-4,9,11,16H,5-8H2,1H3. The van der Waals surface area contributed by atoms with Crippen molar-refractivity contribution >= 4 is 5.91 Å². The lowest BCUT2D eigenvalue weighted by Gasteiger charge is -2.37. The summed E-state index contributed by atoms with van der Waals surface area (Å²) >= 11 is 0. The van der Waals surface area contributed by atoms with Crippen LogP contribution >= 0.6 is 0 Å². The molecule has 1 aromatic rings. The molecule has 0 bridgehead atoms. The van der Waals surface area contributed by atoms with E-state index in [2.05, 4.69) is 0 Å². The van der Waals surface area contributed by atoms with Gasteiger partial charge in [0.05, 0.1) is 25.4 Å². The van der Waals surface area contributed by atoms with Crippen molar-refractivity contribution in [3.8, 4) is 11.5 Å². The first kappa shape index (κ1) is 13.2. The Morgan fingerprint density at radius 1 is 1.40 bits per heavy atom. The molecule has 20 heavy (non-hydrogen) atoms. The molecule has 1 amide bonds. The summed E-state index contributed by atoms with van der Waals surface area (Å²) in [6, 6.07) is 5.15. The van der Waals surface area contributed by atoms with E-state index in [4.69, 9.17) is 14.2 Å². The molecule has 0 saturated carbocycles. The fourth-order valence-corrected chi connectivity index (χ4v) is 2.41. The molecule has 1 N–H and O–H groups in total. The maximum Gasteiger partial charge on any atom is 0.254 e. The van der Waals surface area contributed by atoms with Crippen LogP contribution in [0.1, 0.15) is 17.3 Å². The monoisotopic (exact) mass is 279 g/mol. The molecule has 0 spiro atoms. The zero-order valence-corrected chi connectivity index (χ0v) is 11.2. The van der Waals surface area contributed by atoms with Gasteiger partial charge in [-0.25, -0.2) is 0 Å². The van der Waals surface area contributed by atoms with Crippen molar-refractivity contribution in [2.75, 3.05) is 26.6 Å². The van der Waals surface area contributed by atoms with Crippen LogP contribution in [0.3, 0.4) is 0 Å². The van der Waals surface area contributed by atoms with Gasteiger partial charge in [0, 0.05) is 12.1 Å². The predicted octanol–water partition coefficient (Wildman–Crippen LogP) is 0.637. The van der Waals surface area contributed by atoms with Gasteiger partial charge in [-0.3, -0.25) is 4.79 Å². The van der Waals surface area contributed by atoms with Crippen LogP contribution < -0.4 is 9.47 Å². The van der Waals surface area contributed by atoms with E-state index in [0.717, 1.165) is 0 Å². The molecule has 6 heteroatoms. The molecule has 108 valence electrons. The van der Waals surface area contributed by atoms with Crippen molar-refractivity contribution in [2.45, 2.75) is 19.1 Å². The fourth-order valence-electron chi connectivity index (χ4n) is 2.41. The first-order valence-electron chi connectivity index (χ1n) is 6.62. The number of aliphatic hydroxyl groups is 1. The van der Waals surface area contributed by atoms with Gasteiger partial charge >= 0.3 is 0 Å². The second kappa shape index (κ2) is 5.30. The van der Waals surface area contributed by atoms with Crippen molar-refractivity contribution in [1.29, 1.82) is 0 Å². The van der Waals surface area contributed by atoms with Crippen molar-refractivity contribution < 1.29 is 24.1 Å². The van der Waals surface area contributed by atoms with Gasteiger partial charge in [-0.05, 0) is 25.1 Å². The van der Waals surface area contributed by atoms with Crippen LogP contribution in [-0.4, -0.2) is 54.6 Å². The highest BCUT2D eigenvalue weighted by Crippen LogP contribution is 2.33. The molecule has 2 aliphatic heterocycles. The highest BCUT2D eigenvalue weighted by atomic mass is 16.7. The molecule has 0 aliphatic carbocycles. The summed E-state index contributed by atoms with van der Waals surface area (Å²) < 4.78 is 16.0. The third-order valence-corrected chi connectivity index (χ3v) is 3.59. The van der Waals surface area contributed by atoms with Gasteiger partial charge < -0.3 is 24.2 Å². The van der Waals surface area contributed by atoms with Crippen LogP contribution in [0, 0.1) is 0 Å². The first-order valence-corrected chi connectivity index (χ1v) is 6.62. The average molecular weight is 279 g/mol. The average Bonchev–Trinajstić information content (AvgIpc) is 2.94. The maximum atomic E-state index is 12.6. The number of rotatable bonds is 2. The molecule has 0 radical (unpaired) electrons. The van der Waals surface area contributed by atoms with Gasteiger partial charge in [-0.1, -0.05) is 0 Å². The second-order valence-corrected chi connectivity index (χ2v) is 5.01. The molecule has 1 fully saturated rings. The Morgan fingerprint density at radius 3 is 3.00 bits per heavy atom. The van der Waals surface area contributed by atoms with Gasteiger partial charge in [-0.15, -0.1) is 0 Å². The maximum absolute atomic E-state index is 12.6. The van der Waals surface area contributed by atoms with Crippen LogP contribution in [0.15, 0.2) is 18.2 Å². The van der Waals surface area contributed by atoms with Crippen LogP contribution in [0.2, 0.25) is 0 Å². The highest BCUT2D eigenvalue weighted by molar-refractivity contribution is 5.95. The summed E-state index contributed by atoms with van der Waals surface area (Å²) in [7, 11) is 0. The van der Waals surface area contributed by atoms with Crippen LogP contribution in [0.5, 0.6) is 11.5 Å². The van der Waals surface area contributed by atoms with Gasteiger partial charge in [-0.2, -0.15) is 0 Å². The number of nitrogens with zero attached hydrogens (tertiary/aromatic N) is 1. The fraction of sp³-hybridized carbons (Fsp3) is 0.500. The normalized spacial score (nSPS) is 24.8. The summed E-state index contributed by atoms with van der Waals surface area (Å²) in [6.07, 6.45) is -0.316. The molecule has 2 heterocycles. The number of benzene rings is 1. The predicted molar refractivity (Wildman–Crippen MR) is 69.9 cm³/mol. The van der Waals surface area contributed by atoms with E-state index in [1.165, 1.54) is 0 Å². The number of hydrogen-bond donors (Lipinski definition) is 1. The van der Waals surface area contributed by atoms with Crippen molar-refractivity contribution in [1.82, 2.24) is 4.90 Å². The molecule has 0 aromatic heterocycles. The Hall–Kier alpha value is -1.79. The summed E-state index contributed by atoms with van der Waals surface area (Å²) in [4.78, 5) is 14.3.